The van der Waals surface area contributed by atoms with Crippen LogP contribution in [0.3, 0.4) is 0 Å². The second kappa shape index (κ2) is 3.98. The van der Waals surface area contributed by atoms with Gasteiger partial charge in [0.2, 0.25) is 0 Å². The van der Waals surface area contributed by atoms with E-state index in [-0.39, 0.29) is 0 Å². The third-order valence-electron chi connectivity index (χ3n) is 4.20. The topological polar surface area (TPSA) is 0 Å². The summed E-state index contributed by atoms with van der Waals surface area (Å²) in [5.74, 6) is 1.10. The van der Waals surface area contributed by atoms with Crippen LogP contribution < -0.4 is 0 Å². The number of rotatable bonds is 0. The van der Waals surface area contributed by atoms with Crippen molar-refractivity contribution in [1.82, 2.24) is 0 Å². The molecule has 0 bridgehead atoms. The maximum absolute atomic E-state index is 2.34. The Balaban J connectivity index is 2.13. The predicted octanol–water partition coefficient (Wildman–Crippen LogP) is 4.90. The van der Waals surface area contributed by atoms with Crippen molar-refractivity contribution in [2.45, 2.75) is 27.7 Å². The van der Waals surface area contributed by atoms with Crippen LogP contribution in [0.5, 0.6) is 0 Å². The average Bonchev–Trinajstić information content (AvgIpc) is 2.28. The van der Waals surface area contributed by atoms with E-state index in [1.807, 2.05) is 0 Å². The highest BCUT2D eigenvalue weighted by Crippen LogP contribution is 2.45. The summed E-state index contributed by atoms with van der Waals surface area (Å²) in [6.45, 7) is 8.92. The minimum atomic E-state index is 0.550. The van der Waals surface area contributed by atoms with Gasteiger partial charge in [-0.2, -0.15) is 0 Å². The molecule has 0 N–H and O–H groups in total. The molecule has 0 saturated carbocycles. The summed E-state index contributed by atoms with van der Waals surface area (Å²) in [7, 11) is 0. The maximum atomic E-state index is 2.34. The molecule has 2 unspecified atom stereocenters. The SMILES string of the molecule is CC1=CC2=CC=C3C=C(C)C=C(C)C3C2C(C)=C1. The van der Waals surface area contributed by atoms with E-state index in [0.29, 0.717) is 11.8 Å². The molecule has 0 fully saturated rings. The van der Waals surface area contributed by atoms with Crippen LogP contribution in [0.15, 0.2) is 69.9 Å². The van der Waals surface area contributed by atoms with Gasteiger partial charge in [0, 0.05) is 11.8 Å². The maximum Gasteiger partial charge on any atom is 0.0155 e. The van der Waals surface area contributed by atoms with E-state index >= 15 is 0 Å². The van der Waals surface area contributed by atoms with Crippen molar-refractivity contribution >= 4 is 0 Å². The van der Waals surface area contributed by atoms with E-state index in [1.165, 1.54) is 33.4 Å². The van der Waals surface area contributed by atoms with Crippen LogP contribution in [-0.2, 0) is 0 Å². The van der Waals surface area contributed by atoms with Gasteiger partial charge in [-0.3, -0.25) is 0 Å². The molecule has 0 nitrogen and oxygen atoms in total. The van der Waals surface area contributed by atoms with Crippen molar-refractivity contribution < 1.29 is 0 Å². The summed E-state index contributed by atoms with van der Waals surface area (Å²) in [4.78, 5) is 0. The van der Waals surface area contributed by atoms with Crippen LogP contribution in [0.2, 0.25) is 0 Å². The number of allylic oxidation sites excluding steroid dienone is 12. The lowest BCUT2D eigenvalue weighted by Gasteiger charge is -2.37. The van der Waals surface area contributed by atoms with Crippen molar-refractivity contribution in [3.05, 3.63) is 69.9 Å². The van der Waals surface area contributed by atoms with Crippen LogP contribution in [-0.4, -0.2) is 0 Å². The molecule has 0 heterocycles. The van der Waals surface area contributed by atoms with E-state index < -0.39 is 0 Å². The van der Waals surface area contributed by atoms with Crippen LogP contribution >= 0.6 is 0 Å². The number of fused-ring (bicyclic) bond motifs is 3. The molecule has 0 saturated heterocycles. The van der Waals surface area contributed by atoms with E-state index in [1.54, 1.807) is 0 Å². The lowest BCUT2D eigenvalue weighted by atomic mass is 9.66. The summed E-state index contributed by atoms with van der Waals surface area (Å²) >= 11 is 0. The largest absolute Gasteiger partial charge is 0.0646 e. The molecule has 0 amide bonds. The molecule has 2 atom stereocenters. The minimum absolute atomic E-state index is 0.550. The molecule has 3 rings (SSSR count). The fourth-order valence-corrected chi connectivity index (χ4v) is 3.62. The summed E-state index contributed by atoms with van der Waals surface area (Å²) < 4.78 is 0. The van der Waals surface area contributed by atoms with E-state index in [9.17, 15) is 0 Å². The summed E-state index contributed by atoms with van der Waals surface area (Å²) in [6.07, 6.45) is 14.0. The Kier molecular flexibility index (Phi) is 2.55. The normalized spacial score (nSPS) is 30.0. The molecule has 0 aromatic heterocycles. The van der Waals surface area contributed by atoms with Gasteiger partial charge in [0.05, 0.1) is 0 Å². The van der Waals surface area contributed by atoms with E-state index in [2.05, 4.69) is 64.2 Å². The van der Waals surface area contributed by atoms with Crippen molar-refractivity contribution in [2.75, 3.05) is 0 Å². The van der Waals surface area contributed by atoms with Crippen LogP contribution in [0.4, 0.5) is 0 Å². The molecule has 18 heavy (non-hydrogen) atoms. The highest BCUT2D eigenvalue weighted by molar-refractivity contribution is 5.55. The van der Waals surface area contributed by atoms with Crippen LogP contribution in [0.1, 0.15) is 27.7 Å². The lowest BCUT2D eigenvalue weighted by molar-refractivity contribution is 0.552. The molecule has 92 valence electrons. The monoisotopic (exact) mass is 236 g/mol. The first-order valence-corrected chi connectivity index (χ1v) is 6.71. The Labute approximate surface area is 110 Å². The second-order valence-corrected chi connectivity index (χ2v) is 5.84. The zero-order valence-corrected chi connectivity index (χ0v) is 11.6. The first-order chi connectivity index (χ1) is 8.56. The Morgan fingerprint density at radius 2 is 1.00 bits per heavy atom. The lowest BCUT2D eigenvalue weighted by Crippen LogP contribution is -2.26. The van der Waals surface area contributed by atoms with Gasteiger partial charge in [-0.25, -0.2) is 0 Å². The molecule has 0 heteroatoms. The molecular weight excluding hydrogens is 216 g/mol. The molecule has 0 aliphatic heterocycles. The Morgan fingerprint density at radius 3 is 1.39 bits per heavy atom. The van der Waals surface area contributed by atoms with Gasteiger partial charge < -0.3 is 0 Å². The highest BCUT2D eigenvalue weighted by Gasteiger charge is 2.33. The van der Waals surface area contributed by atoms with Crippen LogP contribution in [0.25, 0.3) is 0 Å². The summed E-state index contributed by atoms with van der Waals surface area (Å²) in [5.41, 5.74) is 8.69. The van der Waals surface area contributed by atoms with Gasteiger partial charge >= 0.3 is 0 Å². The third-order valence-corrected chi connectivity index (χ3v) is 4.20. The minimum Gasteiger partial charge on any atom is -0.0646 e. The summed E-state index contributed by atoms with van der Waals surface area (Å²) in [6, 6.07) is 0. The van der Waals surface area contributed by atoms with Gasteiger partial charge in [0.15, 0.2) is 0 Å². The van der Waals surface area contributed by atoms with Crippen molar-refractivity contribution in [2.24, 2.45) is 11.8 Å². The molecule has 0 aromatic rings. The van der Waals surface area contributed by atoms with E-state index in [4.69, 9.17) is 0 Å². The van der Waals surface area contributed by atoms with Gasteiger partial charge in [-0.05, 0) is 38.8 Å². The van der Waals surface area contributed by atoms with Gasteiger partial charge in [-0.1, -0.05) is 58.7 Å². The van der Waals surface area contributed by atoms with Gasteiger partial charge in [0.1, 0.15) is 0 Å². The van der Waals surface area contributed by atoms with Gasteiger partial charge in [0.25, 0.3) is 0 Å². The molecule has 0 spiro atoms. The Hall–Kier alpha value is -1.56. The second-order valence-electron chi connectivity index (χ2n) is 5.84. The number of hydrogen-bond acceptors (Lipinski definition) is 0. The van der Waals surface area contributed by atoms with Crippen molar-refractivity contribution in [3.8, 4) is 0 Å². The van der Waals surface area contributed by atoms with E-state index in [0.717, 1.165) is 0 Å². The highest BCUT2D eigenvalue weighted by atomic mass is 14.4. The quantitative estimate of drug-likeness (QED) is 0.561. The molecule has 3 aliphatic carbocycles. The smallest absolute Gasteiger partial charge is 0.0155 e. The molecular formula is C18H20. The standard InChI is InChI=1S/C18H20/c1-11-7-13(3)17-15(9-11)5-6-16-10-12(2)8-14(4)18(16)17/h5-10,17-18H,1-4H3. The van der Waals surface area contributed by atoms with Crippen molar-refractivity contribution in [3.63, 3.8) is 0 Å². The zero-order chi connectivity index (χ0) is 12.9. The average molecular weight is 236 g/mol. The molecule has 0 aromatic carbocycles. The van der Waals surface area contributed by atoms with Crippen molar-refractivity contribution in [1.29, 1.82) is 0 Å². The fraction of sp³-hybridized carbons (Fsp3) is 0.333. The molecule has 0 radical (unpaired) electrons. The van der Waals surface area contributed by atoms with Crippen LogP contribution in [0, 0.1) is 11.8 Å². The zero-order valence-electron chi connectivity index (χ0n) is 11.6. The van der Waals surface area contributed by atoms with Gasteiger partial charge in [-0.15, -0.1) is 0 Å². The summed E-state index contributed by atoms with van der Waals surface area (Å²) in [5, 5.41) is 0. The first kappa shape index (κ1) is 11.5. The predicted molar refractivity (Wildman–Crippen MR) is 78.2 cm³/mol. The Bertz CT molecular complexity index is 532. The fourth-order valence-electron chi connectivity index (χ4n) is 3.62. The Morgan fingerprint density at radius 1 is 0.611 bits per heavy atom. The first-order valence-electron chi connectivity index (χ1n) is 6.71. The third kappa shape index (κ3) is 1.68. The number of hydrogen-bond donors (Lipinski definition) is 0. The molecule has 3 aliphatic rings.